The lowest BCUT2D eigenvalue weighted by atomic mass is 10.1. The Morgan fingerprint density at radius 2 is 2.21 bits per heavy atom. The third kappa shape index (κ3) is 3.09. The number of carbonyl (C=O) groups is 3. The van der Waals surface area contributed by atoms with Crippen molar-refractivity contribution in [1.82, 2.24) is 10.3 Å². The van der Waals surface area contributed by atoms with Crippen LogP contribution in [0.1, 0.15) is 18.4 Å². The molecule has 2 aromatic rings. The Labute approximate surface area is 142 Å². The average Bonchev–Trinajstić information content (AvgIpc) is 3.08. The van der Waals surface area contributed by atoms with Gasteiger partial charge >= 0.3 is 5.97 Å². The number of carboxylic acids is 1. The van der Waals surface area contributed by atoms with E-state index in [9.17, 15) is 14.4 Å². The highest BCUT2D eigenvalue weighted by molar-refractivity contribution is 7.18. The highest BCUT2D eigenvalue weighted by Crippen LogP contribution is 2.30. The minimum absolute atomic E-state index is 0.0757. The van der Waals surface area contributed by atoms with Gasteiger partial charge in [0.05, 0.1) is 21.1 Å². The molecule has 8 heteroatoms. The van der Waals surface area contributed by atoms with Crippen LogP contribution in [0.25, 0.3) is 10.2 Å². The molecule has 0 bridgehead atoms. The van der Waals surface area contributed by atoms with Gasteiger partial charge in [-0.25, -0.2) is 4.98 Å². The maximum Gasteiger partial charge on any atom is 0.325 e. The second-order valence-electron chi connectivity index (χ2n) is 5.86. The van der Waals surface area contributed by atoms with Crippen LogP contribution in [0.3, 0.4) is 0 Å². The quantitative estimate of drug-likeness (QED) is 0.874. The molecule has 1 aromatic heterocycles. The summed E-state index contributed by atoms with van der Waals surface area (Å²) in [6.07, 6.45) is 0.0757. The number of nitrogens with zero attached hydrogens (tertiary/aromatic N) is 2. The van der Waals surface area contributed by atoms with E-state index >= 15 is 0 Å². The standard InChI is InChI=1S/C16H17N3O4S/c1-8(16(22)23)17-15(21)10-5-14(20)19(7-10)11-3-4-13-12(6-11)18-9(2)24-13/h3-4,6,8,10H,5,7H2,1-2H3,(H,17,21)(H,22,23). The van der Waals surface area contributed by atoms with Gasteiger partial charge in [0.1, 0.15) is 6.04 Å². The molecule has 24 heavy (non-hydrogen) atoms. The van der Waals surface area contributed by atoms with Crippen molar-refractivity contribution in [3.63, 3.8) is 0 Å². The van der Waals surface area contributed by atoms with Crippen LogP contribution in [0.5, 0.6) is 0 Å². The molecule has 2 atom stereocenters. The van der Waals surface area contributed by atoms with Gasteiger partial charge in [0.15, 0.2) is 0 Å². The number of aromatic nitrogens is 1. The van der Waals surface area contributed by atoms with Crippen molar-refractivity contribution in [1.29, 1.82) is 0 Å². The van der Waals surface area contributed by atoms with Crippen molar-refractivity contribution in [2.24, 2.45) is 5.92 Å². The maximum atomic E-state index is 12.3. The van der Waals surface area contributed by atoms with Crippen LogP contribution in [0.2, 0.25) is 0 Å². The first-order valence-electron chi connectivity index (χ1n) is 7.56. The molecule has 1 saturated heterocycles. The van der Waals surface area contributed by atoms with Crippen LogP contribution >= 0.6 is 11.3 Å². The number of anilines is 1. The van der Waals surface area contributed by atoms with E-state index in [0.717, 1.165) is 15.2 Å². The van der Waals surface area contributed by atoms with Gasteiger partial charge in [-0.05, 0) is 32.0 Å². The number of hydrogen-bond acceptors (Lipinski definition) is 5. The lowest BCUT2D eigenvalue weighted by Crippen LogP contribution is -2.42. The molecule has 0 radical (unpaired) electrons. The Morgan fingerprint density at radius 1 is 1.46 bits per heavy atom. The fourth-order valence-corrected chi connectivity index (χ4v) is 3.53. The molecule has 1 aliphatic heterocycles. The number of fused-ring (bicyclic) bond motifs is 1. The number of amides is 2. The van der Waals surface area contributed by atoms with Gasteiger partial charge < -0.3 is 15.3 Å². The fraction of sp³-hybridized carbons (Fsp3) is 0.375. The van der Waals surface area contributed by atoms with Crippen LogP contribution in [0.15, 0.2) is 18.2 Å². The molecule has 3 rings (SSSR count). The number of aryl methyl sites for hydroxylation is 1. The van der Waals surface area contributed by atoms with E-state index in [-0.39, 0.29) is 18.9 Å². The van der Waals surface area contributed by atoms with Gasteiger partial charge in [0.25, 0.3) is 0 Å². The van der Waals surface area contributed by atoms with Crippen molar-refractivity contribution in [3.8, 4) is 0 Å². The molecule has 1 fully saturated rings. The summed E-state index contributed by atoms with van der Waals surface area (Å²) < 4.78 is 1.05. The Bertz CT molecular complexity index is 832. The number of nitrogens with one attached hydrogen (secondary N) is 1. The fourth-order valence-electron chi connectivity index (χ4n) is 2.72. The third-order valence-electron chi connectivity index (χ3n) is 4.01. The number of carbonyl (C=O) groups excluding carboxylic acids is 2. The van der Waals surface area contributed by atoms with E-state index in [2.05, 4.69) is 10.3 Å². The summed E-state index contributed by atoms with van der Waals surface area (Å²) >= 11 is 1.58. The summed E-state index contributed by atoms with van der Waals surface area (Å²) in [6, 6.07) is 4.63. The Hall–Kier alpha value is -2.48. The van der Waals surface area contributed by atoms with Crippen molar-refractivity contribution in [2.45, 2.75) is 26.3 Å². The van der Waals surface area contributed by atoms with E-state index in [0.29, 0.717) is 5.69 Å². The molecule has 2 unspecified atom stereocenters. The van der Waals surface area contributed by atoms with E-state index in [4.69, 9.17) is 5.11 Å². The lowest BCUT2D eigenvalue weighted by molar-refractivity contribution is -0.141. The molecule has 0 spiro atoms. The summed E-state index contributed by atoms with van der Waals surface area (Å²) in [4.78, 5) is 41.2. The highest BCUT2D eigenvalue weighted by Gasteiger charge is 2.36. The summed E-state index contributed by atoms with van der Waals surface area (Å²) in [5.74, 6) is -2.21. The topological polar surface area (TPSA) is 99.6 Å². The van der Waals surface area contributed by atoms with Crippen molar-refractivity contribution in [2.75, 3.05) is 11.4 Å². The van der Waals surface area contributed by atoms with Crippen LogP contribution in [-0.4, -0.2) is 40.5 Å². The van der Waals surface area contributed by atoms with E-state index in [1.165, 1.54) is 6.92 Å². The monoisotopic (exact) mass is 347 g/mol. The van der Waals surface area contributed by atoms with Gasteiger partial charge in [-0.1, -0.05) is 0 Å². The lowest BCUT2D eigenvalue weighted by Gasteiger charge is -2.17. The number of benzene rings is 1. The summed E-state index contributed by atoms with van der Waals surface area (Å²) in [5, 5.41) is 12.2. The zero-order chi connectivity index (χ0) is 17.4. The summed E-state index contributed by atoms with van der Waals surface area (Å²) in [6.45, 7) is 3.56. The third-order valence-corrected chi connectivity index (χ3v) is 4.97. The van der Waals surface area contributed by atoms with Crippen molar-refractivity contribution in [3.05, 3.63) is 23.2 Å². The molecular formula is C16H17N3O4S. The minimum atomic E-state index is -1.10. The van der Waals surface area contributed by atoms with Crippen LogP contribution in [0.4, 0.5) is 5.69 Å². The average molecular weight is 347 g/mol. The number of hydrogen-bond donors (Lipinski definition) is 2. The molecule has 2 amide bonds. The first-order chi connectivity index (χ1) is 11.3. The van der Waals surface area contributed by atoms with E-state index in [1.54, 1.807) is 16.2 Å². The predicted molar refractivity (Wildman–Crippen MR) is 90.1 cm³/mol. The van der Waals surface area contributed by atoms with Gasteiger partial charge in [0.2, 0.25) is 11.8 Å². The highest BCUT2D eigenvalue weighted by atomic mass is 32.1. The molecule has 0 aliphatic carbocycles. The van der Waals surface area contributed by atoms with Crippen LogP contribution in [0, 0.1) is 12.8 Å². The smallest absolute Gasteiger partial charge is 0.325 e. The van der Waals surface area contributed by atoms with Gasteiger partial charge in [-0.15, -0.1) is 11.3 Å². The zero-order valence-corrected chi connectivity index (χ0v) is 14.1. The number of thiazole rings is 1. The van der Waals surface area contributed by atoms with Crippen LogP contribution in [-0.2, 0) is 14.4 Å². The summed E-state index contributed by atoms with van der Waals surface area (Å²) in [7, 11) is 0. The van der Waals surface area contributed by atoms with E-state index < -0.39 is 23.8 Å². The van der Waals surface area contributed by atoms with Gasteiger partial charge in [-0.2, -0.15) is 0 Å². The molecule has 126 valence electrons. The largest absolute Gasteiger partial charge is 0.480 e. The molecule has 1 aromatic carbocycles. The second-order valence-corrected chi connectivity index (χ2v) is 7.09. The SMILES string of the molecule is Cc1nc2cc(N3CC(C(=O)NC(C)C(=O)O)CC3=O)ccc2s1. The van der Waals surface area contributed by atoms with E-state index in [1.807, 2.05) is 25.1 Å². The Balaban J connectivity index is 1.76. The first kappa shape index (κ1) is 16.4. The number of aliphatic carboxylic acids is 1. The van der Waals surface area contributed by atoms with Crippen molar-refractivity contribution < 1.29 is 19.5 Å². The predicted octanol–water partition coefficient (Wildman–Crippen LogP) is 1.55. The normalized spacial score (nSPS) is 18.8. The molecule has 2 N–H and O–H groups in total. The Morgan fingerprint density at radius 3 is 2.92 bits per heavy atom. The first-order valence-corrected chi connectivity index (χ1v) is 8.37. The maximum absolute atomic E-state index is 12.3. The van der Waals surface area contributed by atoms with Gasteiger partial charge in [-0.3, -0.25) is 14.4 Å². The molecule has 1 aliphatic rings. The van der Waals surface area contributed by atoms with Crippen LogP contribution < -0.4 is 10.2 Å². The minimum Gasteiger partial charge on any atom is -0.480 e. The second kappa shape index (κ2) is 6.20. The zero-order valence-electron chi connectivity index (χ0n) is 13.3. The molecule has 0 saturated carbocycles. The van der Waals surface area contributed by atoms with Crippen molar-refractivity contribution >= 4 is 45.0 Å². The molecular weight excluding hydrogens is 330 g/mol. The summed E-state index contributed by atoms with van der Waals surface area (Å²) in [5.41, 5.74) is 1.54. The molecule has 2 heterocycles. The Kier molecular flexibility index (Phi) is 4.23. The number of carboxylic acid groups (broad SMARTS) is 1. The number of rotatable bonds is 4. The van der Waals surface area contributed by atoms with Gasteiger partial charge in [0, 0.05) is 18.7 Å². The molecule has 7 nitrogen and oxygen atoms in total.